The summed E-state index contributed by atoms with van der Waals surface area (Å²) in [6, 6.07) is 4.63. The van der Waals surface area contributed by atoms with Crippen molar-refractivity contribution in [3.05, 3.63) is 24.0 Å². The molecular weight excluding hydrogens is 509 g/mol. The van der Waals surface area contributed by atoms with Gasteiger partial charge in [0, 0.05) is 26.7 Å². The second-order valence-electron chi connectivity index (χ2n) is 8.22. The van der Waals surface area contributed by atoms with E-state index in [4.69, 9.17) is 35.9 Å². The summed E-state index contributed by atoms with van der Waals surface area (Å²) in [6.45, 7) is 3.83. The molecule has 12 nitrogen and oxygen atoms in total. The molecule has 0 spiro atoms. The molecule has 0 unspecified atom stereocenters. The van der Waals surface area contributed by atoms with E-state index in [0.717, 1.165) is 0 Å². The molecule has 206 valence electrons. The summed E-state index contributed by atoms with van der Waals surface area (Å²) in [7, 11) is 3.04. The largest absolute Gasteiger partial charge is 0.474 e. The number of nitrogens with zero attached hydrogens (tertiary/aromatic N) is 3. The molecule has 37 heavy (non-hydrogen) atoms. The lowest BCUT2D eigenvalue weighted by Gasteiger charge is -2.24. The number of nitrogens with one attached hydrogen (secondary N) is 2. The molecule has 2 aliphatic rings. The third kappa shape index (κ3) is 8.64. The van der Waals surface area contributed by atoms with Crippen LogP contribution >= 0.6 is 12.2 Å². The minimum Gasteiger partial charge on any atom is -0.474 e. The van der Waals surface area contributed by atoms with Gasteiger partial charge in [0.15, 0.2) is 0 Å². The highest BCUT2D eigenvalue weighted by molar-refractivity contribution is 7.80. The molecule has 14 heteroatoms. The normalized spacial score (nSPS) is 18.0. The molecule has 0 saturated carbocycles. The van der Waals surface area contributed by atoms with Gasteiger partial charge in [0.1, 0.15) is 18.5 Å². The molecule has 1 atom stereocenters. The van der Waals surface area contributed by atoms with Crippen molar-refractivity contribution in [2.45, 2.75) is 6.10 Å². The number of amides is 2. The summed E-state index contributed by atoms with van der Waals surface area (Å²) in [6.07, 6.45) is -1.00. The van der Waals surface area contributed by atoms with E-state index in [0.29, 0.717) is 70.5 Å². The Bertz CT molecular complexity index is 927. The molecule has 1 aromatic carbocycles. The van der Waals surface area contributed by atoms with E-state index >= 15 is 4.39 Å². The van der Waals surface area contributed by atoms with Crippen LogP contribution in [-0.2, 0) is 28.5 Å². The number of carbonyl (C=O) groups excluding carboxylic acids is 2. The summed E-state index contributed by atoms with van der Waals surface area (Å²) in [5.41, 5.74) is 3.85. The number of benzene rings is 1. The average Bonchev–Trinajstić information content (AvgIpc) is 3.09. The number of cyclic esters (lactones) is 1. The summed E-state index contributed by atoms with van der Waals surface area (Å²) >= 11 is 4.92. The molecular formula is C23H34FN5O7S. The Kier molecular flexibility index (Phi) is 11.5. The van der Waals surface area contributed by atoms with Crippen LogP contribution in [0.1, 0.15) is 0 Å². The molecule has 0 aliphatic carbocycles. The van der Waals surface area contributed by atoms with Crippen LogP contribution in [0.2, 0.25) is 0 Å². The second kappa shape index (κ2) is 14.8. The highest BCUT2D eigenvalue weighted by Gasteiger charge is 2.33. The number of thiocarbonyl (C=S) groups is 1. The van der Waals surface area contributed by atoms with Crippen molar-refractivity contribution >= 4 is 40.8 Å². The molecule has 2 amide bonds. The standard InChI is InChI=1S/C23H34FN5O7S/c1-32-9-10-34-11-12-35-16-21(30)29-8-7-27(6-5-26-29)20-4-3-17(13-19(20)24)28-15-18(36-23(28)31)14-25-22(37)33-2/h3-4,13,18,26H,5-12,14-16H2,1-2H3,(H,25,37)/t18-/m0/s1. The molecule has 2 saturated heterocycles. The van der Waals surface area contributed by atoms with Crippen LogP contribution in [0.25, 0.3) is 0 Å². The number of ether oxygens (including phenoxy) is 5. The van der Waals surface area contributed by atoms with Crippen molar-refractivity contribution < 1.29 is 37.7 Å². The van der Waals surface area contributed by atoms with Crippen LogP contribution in [0.3, 0.4) is 0 Å². The van der Waals surface area contributed by atoms with Gasteiger partial charge in [0.05, 0.1) is 64.5 Å². The Morgan fingerprint density at radius 3 is 2.73 bits per heavy atom. The number of carbonyl (C=O) groups is 2. The van der Waals surface area contributed by atoms with Crippen molar-refractivity contribution in [2.24, 2.45) is 0 Å². The van der Waals surface area contributed by atoms with Crippen molar-refractivity contribution in [1.82, 2.24) is 15.8 Å². The Hall–Kier alpha value is -2.78. The van der Waals surface area contributed by atoms with Crippen molar-refractivity contribution in [2.75, 3.05) is 96.3 Å². The number of halogens is 1. The van der Waals surface area contributed by atoms with E-state index in [1.807, 2.05) is 4.90 Å². The number of rotatable bonds is 12. The molecule has 0 aromatic heterocycles. The molecule has 2 N–H and O–H groups in total. The van der Waals surface area contributed by atoms with E-state index in [2.05, 4.69) is 10.7 Å². The molecule has 2 heterocycles. The fourth-order valence-corrected chi connectivity index (χ4v) is 3.90. The first-order valence-corrected chi connectivity index (χ1v) is 12.4. The molecule has 2 aliphatic heterocycles. The zero-order valence-electron chi connectivity index (χ0n) is 21.1. The smallest absolute Gasteiger partial charge is 0.414 e. The highest BCUT2D eigenvalue weighted by Crippen LogP contribution is 2.28. The maximum absolute atomic E-state index is 15.1. The average molecular weight is 544 g/mol. The van der Waals surface area contributed by atoms with Gasteiger partial charge in [0.2, 0.25) is 0 Å². The topological polar surface area (TPSA) is 114 Å². The fourth-order valence-electron chi connectivity index (χ4n) is 3.81. The Labute approximate surface area is 220 Å². The lowest BCUT2D eigenvalue weighted by Crippen LogP contribution is -2.45. The lowest BCUT2D eigenvalue weighted by atomic mass is 10.2. The minimum absolute atomic E-state index is 0.0800. The van der Waals surface area contributed by atoms with E-state index in [-0.39, 0.29) is 24.2 Å². The van der Waals surface area contributed by atoms with Crippen molar-refractivity contribution in [1.29, 1.82) is 0 Å². The number of hydrazine groups is 1. The van der Waals surface area contributed by atoms with E-state index < -0.39 is 18.0 Å². The third-order valence-electron chi connectivity index (χ3n) is 5.73. The third-order valence-corrected chi connectivity index (χ3v) is 6.04. The molecule has 0 radical (unpaired) electrons. The monoisotopic (exact) mass is 543 g/mol. The fraction of sp³-hybridized carbons (Fsp3) is 0.609. The van der Waals surface area contributed by atoms with Gasteiger partial charge in [-0.2, -0.15) is 0 Å². The van der Waals surface area contributed by atoms with Crippen LogP contribution in [0.15, 0.2) is 18.2 Å². The van der Waals surface area contributed by atoms with Gasteiger partial charge in [-0.25, -0.2) is 14.6 Å². The quantitative estimate of drug-likeness (QED) is 0.284. The van der Waals surface area contributed by atoms with Gasteiger partial charge < -0.3 is 33.9 Å². The van der Waals surface area contributed by atoms with E-state index in [9.17, 15) is 9.59 Å². The van der Waals surface area contributed by atoms with Crippen LogP contribution in [-0.4, -0.2) is 115 Å². The number of hydrogen-bond acceptors (Lipinski definition) is 10. The Balaban J connectivity index is 1.48. The first-order valence-electron chi connectivity index (χ1n) is 12.0. The van der Waals surface area contributed by atoms with Gasteiger partial charge in [-0.05, 0) is 30.4 Å². The maximum Gasteiger partial charge on any atom is 0.414 e. The molecule has 2 fully saturated rings. The van der Waals surface area contributed by atoms with Gasteiger partial charge >= 0.3 is 6.09 Å². The second-order valence-corrected chi connectivity index (χ2v) is 8.59. The van der Waals surface area contributed by atoms with Gasteiger partial charge in [0.25, 0.3) is 11.1 Å². The first kappa shape index (κ1) is 28.8. The predicted molar refractivity (Wildman–Crippen MR) is 137 cm³/mol. The van der Waals surface area contributed by atoms with E-state index in [1.54, 1.807) is 19.2 Å². The Morgan fingerprint density at radius 1 is 1.19 bits per heavy atom. The number of methoxy groups -OCH3 is 2. The lowest BCUT2D eigenvalue weighted by molar-refractivity contribution is -0.139. The Morgan fingerprint density at radius 2 is 1.97 bits per heavy atom. The number of anilines is 2. The van der Waals surface area contributed by atoms with Crippen LogP contribution in [0.5, 0.6) is 0 Å². The highest BCUT2D eigenvalue weighted by atomic mass is 32.1. The zero-order valence-corrected chi connectivity index (χ0v) is 21.9. The van der Waals surface area contributed by atoms with E-state index in [1.165, 1.54) is 23.1 Å². The SMILES string of the molecule is COCCOCCOCC(=O)N1CCN(c2ccc(N3C[C@H](CNC(=S)OC)OC3=O)cc2F)CCN1. The van der Waals surface area contributed by atoms with Crippen molar-refractivity contribution in [3.8, 4) is 0 Å². The van der Waals surface area contributed by atoms with Gasteiger partial charge in [-0.15, -0.1) is 0 Å². The zero-order chi connectivity index (χ0) is 26.6. The van der Waals surface area contributed by atoms with Crippen LogP contribution in [0.4, 0.5) is 20.6 Å². The summed E-state index contributed by atoms with van der Waals surface area (Å²) in [5, 5.41) is 4.53. The van der Waals surface area contributed by atoms with Gasteiger partial charge in [-0.1, -0.05) is 0 Å². The van der Waals surface area contributed by atoms with Gasteiger partial charge in [-0.3, -0.25) is 14.7 Å². The maximum atomic E-state index is 15.1. The minimum atomic E-state index is -0.556. The number of hydrogen-bond donors (Lipinski definition) is 2. The first-order chi connectivity index (χ1) is 17.9. The summed E-state index contributed by atoms with van der Waals surface area (Å²) < 4.78 is 40.9. The molecule has 3 rings (SSSR count). The van der Waals surface area contributed by atoms with Crippen LogP contribution in [0, 0.1) is 5.82 Å². The molecule has 0 bridgehead atoms. The van der Waals surface area contributed by atoms with Crippen LogP contribution < -0.4 is 20.5 Å². The summed E-state index contributed by atoms with van der Waals surface area (Å²) in [4.78, 5) is 28.0. The van der Waals surface area contributed by atoms with Crippen molar-refractivity contribution in [3.63, 3.8) is 0 Å². The molecule has 1 aromatic rings. The summed E-state index contributed by atoms with van der Waals surface area (Å²) in [5.74, 6) is -0.679. The predicted octanol–water partition coefficient (Wildman–Crippen LogP) is 0.505.